The Balaban J connectivity index is 1.87. The molecule has 1 aromatic heterocycles. The standard InChI is InChI=1S/C18H12ClF3N4O/c1-9-23-14(18(27)26-12-5-3-2-4-10(12)19)8-15(24-9)25-13-7-6-11(20)16(21)17(13)22/h2-8H,1H3,(H,26,27)(H,23,24,25). The molecule has 5 nitrogen and oxygen atoms in total. The molecule has 2 N–H and O–H groups in total. The van der Waals surface area contributed by atoms with Crippen molar-refractivity contribution in [2.24, 2.45) is 0 Å². The van der Waals surface area contributed by atoms with E-state index in [1.807, 2.05) is 0 Å². The lowest BCUT2D eigenvalue weighted by Gasteiger charge is -2.11. The van der Waals surface area contributed by atoms with Crippen LogP contribution in [0.25, 0.3) is 0 Å². The molecule has 9 heteroatoms. The summed E-state index contributed by atoms with van der Waals surface area (Å²) in [4.78, 5) is 20.5. The van der Waals surface area contributed by atoms with Gasteiger partial charge >= 0.3 is 0 Å². The van der Waals surface area contributed by atoms with E-state index in [1.54, 1.807) is 24.3 Å². The summed E-state index contributed by atoms with van der Waals surface area (Å²) in [5, 5.41) is 5.46. The van der Waals surface area contributed by atoms with E-state index in [0.717, 1.165) is 12.1 Å². The highest BCUT2D eigenvalue weighted by Crippen LogP contribution is 2.24. The molecule has 0 aliphatic rings. The number of hydrogen-bond acceptors (Lipinski definition) is 4. The number of carbonyl (C=O) groups is 1. The Bertz CT molecular complexity index is 1030. The molecule has 1 amide bonds. The maximum absolute atomic E-state index is 13.8. The average Bonchev–Trinajstić information content (AvgIpc) is 2.63. The van der Waals surface area contributed by atoms with Gasteiger partial charge in [0.25, 0.3) is 5.91 Å². The predicted molar refractivity (Wildman–Crippen MR) is 95.8 cm³/mol. The predicted octanol–water partition coefficient (Wildman–Crippen LogP) is 4.85. The molecule has 0 spiro atoms. The number of nitrogens with one attached hydrogen (secondary N) is 2. The largest absolute Gasteiger partial charge is 0.338 e. The fourth-order valence-corrected chi connectivity index (χ4v) is 2.44. The Kier molecular flexibility index (Phi) is 5.27. The number of aromatic nitrogens is 2. The summed E-state index contributed by atoms with van der Waals surface area (Å²) >= 11 is 6.00. The van der Waals surface area contributed by atoms with Gasteiger partial charge in [0, 0.05) is 6.07 Å². The molecule has 0 fully saturated rings. The van der Waals surface area contributed by atoms with Crippen molar-refractivity contribution in [2.45, 2.75) is 6.92 Å². The average molecular weight is 393 g/mol. The molecule has 0 saturated carbocycles. The van der Waals surface area contributed by atoms with Crippen molar-refractivity contribution in [2.75, 3.05) is 10.6 Å². The molecule has 0 unspecified atom stereocenters. The van der Waals surface area contributed by atoms with E-state index in [-0.39, 0.29) is 23.0 Å². The van der Waals surface area contributed by atoms with Crippen LogP contribution in [-0.2, 0) is 0 Å². The highest BCUT2D eigenvalue weighted by atomic mass is 35.5. The number of amides is 1. The minimum atomic E-state index is -1.61. The summed E-state index contributed by atoms with van der Waals surface area (Å²) in [5.41, 5.74) is 0.0407. The number of anilines is 3. The molecule has 0 aliphatic heterocycles. The summed E-state index contributed by atoms with van der Waals surface area (Å²) in [7, 11) is 0. The zero-order valence-electron chi connectivity index (χ0n) is 13.9. The van der Waals surface area contributed by atoms with Crippen LogP contribution < -0.4 is 10.6 Å². The number of aryl methyl sites for hydroxylation is 1. The second-order valence-corrected chi connectivity index (χ2v) is 5.87. The van der Waals surface area contributed by atoms with Crippen LogP contribution in [0.5, 0.6) is 0 Å². The number of halogens is 4. The third kappa shape index (κ3) is 4.17. The van der Waals surface area contributed by atoms with Crippen molar-refractivity contribution >= 4 is 34.7 Å². The van der Waals surface area contributed by atoms with Gasteiger partial charge < -0.3 is 10.6 Å². The molecular weight excluding hydrogens is 381 g/mol. The first-order chi connectivity index (χ1) is 12.8. The van der Waals surface area contributed by atoms with Gasteiger partial charge in [0.15, 0.2) is 17.5 Å². The maximum Gasteiger partial charge on any atom is 0.274 e. The topological polar surface area (TPSA) is 66.9 Å². The Morgan fingerprint density at radius 2 is 1.74 bits per heavy atom. The number of hydrogen-bond donors (Lipinski definition) is 2. The second kappa shape index (κ2) is 7.63. The van der Waals surface area contributed by atoms with Crippen molar-refractivity contribution in [3.05, 3.63) is 76.5 Å². The lowest BCUT2D eigenvalue weighted by Crippen LogP contribution is -2.15. The quantitative estimate of drug-likeness (QED) is 0.623. The molecule has 2 aromatic carbocycles. The normalized spacial score (nSPS) is 10.6. The van der Waals surface area contributed by atoms with E-state index in [0.29, 0.717) is 10.7 Å². The number of carbonyl (C=O) groups excluding carboxylic acids is 1. The Morgan fingerprint density at radius 1 is 1.00 bits per heavy atom. The van der Waals surface area contributed by atoms with E-state index in [4.69, 9.17) is 11.6 Å². The zero-order chi connectivity index (χ0) is 19.6. The molecular formula is C18H12ClF3N4O. The summed E-state index contributed by atoms with van der Waals surface area (Å²) in [6.07, 6.45) is 0. The SMILES string of the molecule is Cc1nc(Nc2ccc(F)c(F)c2F)cc(C(=O)Nc2ccccc2Cl)n1. The number of para-hydroxylation sites is 1. The van der Waals surface area contributed by atoms with Gasteiger partial charge in [-0.25, -0.2) is 23.1 Å². The molecule has 0 radical (unpaired) electrons. The first-order valence-electron chi connectivity index (χ1n) is 7.67. The van der Waals surface area contributed by atoms with Gasteiger partial charge in [0.2, 0.25) is 0 Å². The van der Waals surface area contributed by atoms with Crippen LogP contribution in [0, 0.1) is 24.4 Å². The summed E-state index contributed by atoms with van der Waals surface area (Å²) in [6, 6.07) is 9.69. The van der Waals surface area contributed by atoms with Crippen LogP contribution in [0.3, 0.4) is 0 Å². The fourth-order valence-electron chi connectivity index (χ4n) is 2.26. The number of rotatable bonds is 4. The van der Waals surface area contributed by atoms with Crippen molar-refractivity contribution in [1.29, 1.82) is 0 Å². The highest BCUT2D eigenvalue weighted by Gasteiger charge is 2.16. The summed E-state index contributed by atoms with van der Waals surface area (Å²) in [6.45, 7) is 1.53. The van der Waals surface area contributed by atoms with Gasteiger partial charge in [0.05, 0.1) is 16.4 Å². The van der Waals surface area contributed by atoms with Crippen molar-refractivity contribution in [3.63, 3.8) is 0 Å². The Labute approximate surface area is 157 Å². The lowest BCUT2D eigenvalue weighted by molar-refractivity contribution is 0.102. The third-order valence-corrected chi connectivity index (χ3v) is 3.82. The van der Waals surface area contributed by atoms with Crippen LogP contribution in [0.2, 0.25) is 5.02 Å². The van der Waals surface area contributed by atoms with Crippen molar-refractivity contribution in [1.82, 2.24) is 9.97 Å². The monoisotopic (exact) mass is 392 g/mol. The highest BCUT2D eigenvalue weighted by molar-refractivity contribution is 6.33. The number of benzene rings is 2. The van der Waals surface area contributed by atoms with Crippen LogP contribution in [0.1, 0.15) is 16.3 Å². The van der Waals surface area contributed by atoms with Gasteiger partial charge in [-0.3, -0.25) is 4.79 Å². The van der Waals surface area contributed by atoms with Crippen LogP contribution in [0.4, 0.5) is 30.4 Å². The van der Waals surface area contributed by atoms with E-state index >= 15 is 0 Å². The van der Waals surface area contributed by atoms with E-state index in [9.17, 15) is 18.0 Å². The molecule has 3 aromatic rings. The van der Waals surface area contributed by atoms with Crippen LogP contribution in [-0.4, -0.2) is 15.9 Å². The molecule has 0 atom stereocenters. The molecule has 1 heterocycles. The van der Waals surface area contributed by atoms with Gasteiger partial charge in [0.1, 0.15) is 17.3 Å². The maximum atomic E-state index is 13.8. The molecule has 3 rings (SSSR count). The first kappa shape index (κ1) is 18.7. The van der Waals surface area contributed by atoms with E-state index in [2.05, 4.69) is 20.6 Å². The lowest BCUT2D eigenvalue weighted by atomic mass is 10.2. The van der Waals surface area contributed by atoms with Crippen LogP contribution >= 0.6 is 11.6 Å². The number of nitrogens with zero attached hydrogens (tertiary/aromatic N) is 2. The van der Waals surface area contributed by atoms with E-state index < -0.39 is 23.4 Å². The molecule has 0 aliphatic carbocycles. The smallest absolute Gasteiger partial charge is 0.274 e. The van der Waals surface area contributed by atoms with Gasteiger partial charge in [-0.2, -0.15) is 0 Å². The van der Waals surface area contributed by atoms with Gasteiger partial charge in [-0.1, -0.05) is 23.7 Å². The van der Waals surface area contributed by atoms with Crippen LogP contribution in [0.15, 0.2) is 42.5 Å². The Morgan fingerprint density at radius 3 is 2.48 bits per heavy atom. The minimum Gasteiger partial charge on any atom is -0.338 e. The van der Waals surface area contributed by atoms with Crippen molar-refractivity contribution < 1.29 is 18.0 Å². The minimum absolute atomic E-state index is 0.0205. The third-order valence-electron chi connectivity index (χ3n) is 3.49. The molecule has 27 heavy (non-hydrogen) atoms. The second-order valence-electron chi connectivity index (χ2n) is 5.47. The molecule has 0 bridgehead atoms. The zero-order valence-corrected chi connectivity index (χ0v) is 14.6. The van der Waals surface area contributed by atoms with Gasteiger partial charge in [-0.15, -0.1) is 0 Å². The summed E-state index contributed by atoms with van der Waals surface area (Å²) in [5.74, 6) is -4.63. The molecule has 0 saturated heterocycles. The first-order valence-corrected chi connectivity index (χ1v) is 8.05. The van der Waals surface area contributed by atoms with Crippen molar-refractivity contribution in [3.8, 4) is 0 Å². The fraction of sp³-hybridized carbons (Fsp3) is 0.0556. The summed E-state index contributed by atoms with van der Waals surface area (Å²) < 4.78 is 40.2. The molecule has 138 valence electrons. The Hall–Kier alpha value is -3.13. The van der Waals surface area contributed by atoms with E-state index in [1.165, 1.54) is 13.0 Å². The van der Waals surface area contributed by atoms with Gasteiger partial charge in [-0.05, 0) is 31.2 Å².